The monoisotopic (exact) mass is 181 g/mol. The van der Waals surface area contributed by atoms with Gasteiger partial charge in [-0.15, -0.1) is 0 Å². The molecule has 1 heterocycles. The van der Waals surface area contributed by atoms with Gasteiger partial charge in [0.1, 0.15) is 0 Å². The fraction of sp³-hybridized carbons (Fsp3) is 0.250. The molecule has 0 aliphatic rings. The van der Waals surface area contributed by atoms with Crippen LogP contribution in [0.3, 0.4) is 0 Å². The van der Waals surface area contributed by atoms with Crippen LogP contribution < -0.4 is 16.6 Å². The summed E-state index contributed by atoms with van der Waals surface area (Å²) in [6, 6.07) is 2.78. The molecule has 0 saturated carbocycles. The van der Waals surface area contributed by atoms with Gasteiger partial charge >= 0.3 is 0 Å². The van der Waals surface area contributed by atoms with Crippen molar-refractivity contribution in [1.29, 1.82) is 0 Å². The van der Waals surface area contributed by atoms with Crippen LogP contribution >= 0.6 is 0 Å². The first-order valence-corrected chi connectivity index (χ1v) is 3.91. The van der Waals surface area contributed by atoms with Gasteiger partial charge in [0.15, 0.2) is 0 Å². The number of nitrogens with two attached hydrogens (primary N) is 1. The number of hydrogen-bond donors (Lipinski definition) is 3. The zero-order valence-corrected chi connectivity index (χ0v) is 7.04. The van der Waals surface area contributed by atoms with E-state index in [1.165, 1.54) is 18.3 Å². The van der Waals surface area contributed by atoms with Crippen LogP contribution in [-0.2, 0) is 0 Å². The maximum Gasteiger partial charge on any atom is 0.251 e. The van der Waals surface area contributed by atoms with Gasteiger partial charge in [-0.3, -0.25) is 9.59 Å². The van der Waals surface area contributed by atoms with Crippen molar-refractivity contribution in [2.45, 2.75) is 0 Å². The van der Waals surface area contributed by atoms with Crippen LogP contribution in [-0.4, -0.2) is 24.0 Å². The molecule has 0 atom stereocenters. The van der Waals surface area contributed by atoms with Crippen molar-refractivity contribution in [2.24, 2.45) is 5.73 Å². The number of nitrogens with one attached hydrogen (secondary N) is 2. The molecule has 4 N–H and O–H groups in total. The minimum Gasteiger partial charge on any atom is -0.351 e. The molecule has 70 valence electrons. The standard InChI is InChI=1S/C8H11N3O2/c9-2-4-11-8(13)6-1-3-10-7(12)5-6/h1,3,5H,2,4,9H2,(H,10,12)(H,11,13). The molecule has 1 rings (SSSR count). The van der Waals surface area contributed by atoms with Crippen molar-refractivity contribution in [1.82, 2.24) is 10.3 Å². The van der Waals surface area contributed by atoms with Crippen LogP contribution in [0.4, 0.5) is 0 Å². The summed E-state index contributed by atoms with van der Waals surface area (Å²) in [6.45, 7) is 0.792. The van der Waals surface area contributed by atoms with E-state index in [0.717, 1.165) is 0 Å². The third kappa shape index (κ3) is 2.72. The fourth-order valence-electron chi connectivity index (χ4n) is 0.874. The summed E-state index contributed by atoms with van der Waals surface area (Å²) in [5.41, 5.74) is 5.26. The zero-order chi connectivity index (χ0) is 9.68. The third-order valence-corrected chi connectivity index (χ3v) is 1.47. The smallest absolute Gasteiger partial charge is 0.251 e. The van der Waals surface area contributed by atoms with Crippen molar-refractivity contribution < 1.29 is 4.79 Å². The summed E-state index contributed by atoms with van der Waals surface area (Å²) >= 11 is 0. The molecule has 1 aromatic rings. The second-order valence-electron chi connectivity index (χ2n) is 2.49. The Morgan fingerprint density at radius 3 is 3.00 bits per heavy atom. The highest BCUT2D eigenvalue weighted by molar-refractivity contribution is 5.93. The highest BCUT2D eigenvalue weighted by Crippen LogP contribution is 1.91. The van der Waals surface area contributed by atoms with Gasteiger partial charge in [0.05, 0.1) is 0 Å². The van der Waals surface area contributed by atoms with Crippen LogP contribution in [0.15, 0.2) is 23.1 Å². The SMILES string of the molecule is NCCNC(=O)c1cc[nH]c(=O)c1. The molecule has 0 aromatic carbocycles. The maximum atomic E-state index is 11.2. The molecular weight excluding hydrogens is 170 g/mol. The van der Waals surface area contributed by atoms with Gasteiger partial charge in [0.25, 0.3) is 5.91 Å². The molecule has 5 nitrogen and oxygen atoms in total. The van der Waals surface area contributed by atoms with Gasteiger partial charge in [0, 0.05) is 30.9 Å². The van der Waals surface area contributed by atoms with E-state index in [0.29, 0.717) is 18.7 Å². The highest BCUT2D eigenvalue weighted by Gasteiger charge is 2.03. The lowest BCUT2D eigenvalue weighted by molar-refractivity contribution is 0.0954. The van der Waals surface area contributed by atoms with Gasteiger partial charge in [-0.25, -0.2) is 0 Å². The summed E-state index contributed by atoms with van der Waals surface area (Å²) in [5, 5.41) is 2.56. The second-order valence-corrected chi connectivity index (χ2v) is 2.49. The number of H-pyrrole nitrogens is 1. The van der Waals surface area contributed by atoms with E-state index in [2.05, 4.69) is 10.3 Å². The number of amides is 1. The minimum absolute atomic E-state index is 0.281. The summed E-state index contributed by atoms with van der Waals surface area (Å²) in [6.07, 6.45) is 1.43. The summed E-state index contributed by atoms with van der Waals surface area (Å²) in [5.74, 6) is -0.281. The van der Waals surface area contributed by atoms with Crippen LogP contribution in [0.5, 0.6) is 0 Å². The molecule has 0 unspecified atom stereocenters. The van der Waals surface area contributed by atoms with Crippen LogP contribution in [0.25, 0.3) is 0 Å². The number of carbonyl (C=O) groups excluding carboxylic acids is 1. The van der Waals surface area contributed by atoms with E-state index < -0.39 is 0 Å². The normalized spacial score (nSPS) is 9.62. The summed E-state index contributed by atoms with van der Waals surface area (Å²) in [7, 11) is 0. The molecule has 0 spiro atoms. The van der Waals surface area contributed by atoms with E-state index >= 15 is 0 Å². The second kappa shape index (κ2) is 4.42. The van der Waals surface area contributed by atoms with Crippen molar-refractivity contribution in [2.75, 3.05) is 13.1 Å². The predicted octanol–water partition coefficient (Wildman–Crippen LogP) is -0.937. The molecule has 0 aliphatic carbocycles. The van der Waals surface area contributed by atoms with Gasteiger partial charge in [0.2, 0.25) is 5.56 Å². The average molecular weight is 181 g/mol. The lowest BCUT2D eigenvalue weighted by Crippen LogP contribution is -2.29. The molecule has 5 heteroatoms. The van der Waals surface area contributed by atoms with Gasteiger partial charge in [-0.1, -0.05) is 0 Å². The Morgan fingerprint density at radius 1 is 1.62 bits per heavy atom. The fourth-order valence-corrected chi connectivity index (χ4v) is 0.874. The predicted molar refractivity (Wildman–Crippen MR) is 48.5 cm³/mol. The topological polar surface area (TPSA) is 88.0 Å². The largest absolute Gasteiger partial charge is 0.351 e. The Kier molecular flexibility index (Phi) is 3.22. The van der Waals surface area contributed by atoms with E-state index in [4.69, 9.17) is 5.73 Å². The third-order valence-electron chi connectivity index (χ3n) is 1.47. The van der Waals surface area contributed by atoms with Gasteiger partial charge in [-0.05, 0) is 6.07 Å². The first kappa shape index (κ1) is 9.47. The molecule has 0 radical (unpaired) electrons. The molecule has 0 aliphatic heterocycles. The number of aromatic amines is 1. The summed E-state index contributed by atoms with van der Waals surface area (Å²) in [4.78, 5) is 24.5. The molecule has 0 bridgehead atoms. The van der Waals surface area contributed by atoms with E-state index in [1.54, 1.807) is 0 Å². The van der Waals surface area contributed by atoms with Crippen LogP contribution in [0.1, 0.15) is 10.4 Å². The minimum atomic E-state index is -0.291. The molecule has 0 saturated heterocycles. The Hall–Kier alpha value is -1.62. The van der Waals surface area contributed by atoms with Crippen LogP contribution in [0.2, 0.25) is 0 Å². The van der Waals surface area contributed by atoms with Gasteiger partial charge < -0.3 is 16.0 Å². The number of rotatable bonds is 3. The van der Waals surface area contributed by atoms with E-state index in [1.807, 2.05) is 0 Å². The number of aromatic nitrogens is 1. The maximum absolute atomic E-state index is 11.2. The van der Waals surface area contributed by atoms with E-state index in [9.17, 15) is 9.59 Å². The molecule has 13 heavy (non-hydrogen) atoms. The molecule has 0 fully saturated rings. The summed E-state index contributed by atoms with van der Waals surface area (Å²) < 4.78 is 0. The van der Waals surface area contributed by atoms with Crippen molar-refractivity contribution in [3.8, 4) is 0 Å². The molecule has 1 aromatic heterocycles. The van der Waals surface area contributed by atoms with Crippen molar-refractivity contribution >= 4 is 5.91 Å². The lowest BCUT2D eigenvalue weighted by atomic mass is 10.2. The number of pyridine rings is 1. The Labute approximate surface area is 75.0 Å². The Balaban J connectivity index is 2.71. The first-order chi connectivity index (χ1) is 6.24. The zero-order valence-electron chi connectivity index (χ0n) is 7.04. The average Bonchev–Trinajstić information content (AvgIpc) is 2.14. The van der Waals surface area contributed by atoms with Crippen LogP contribution in [0, 0.1) is 0 Å². The first-order valence-electron chi connectivity index (χ1n) is 3.91. The Morgan fingerprint density at radius 2 is 2.38 bits per heavy atom. The van der Waals surface area contributed by atoms with Gasteiger partial charge in [-0.2, -0.15) is 0 Å². The lowest BCUT2D eigenvalue weighted by Gasteiger charge is -2.01. The Bertz CT molecular complexity index is 345. The highest BCUT2D eigenvalue weighted by atomic mass is 16.2. The van der Waals surface area contributed by atoms with Crippen molar-refractivity contribution in [3.63, 3.8) is 0 Å². The van der Waals surface area contributed by atoms with E-state index in [-0.39, 0.29) is 11.5 Å². The number of carbonyl (C=O) groups is 1. The van der Waals surface area contributed by atoms with Crippen molar-refractivity contribution in [3.05, 3.63) is 34.2 Å². The molecule has 1 amide bonds. The quantitative estimate of drug-likeness (QED) is 0.562. The molecular formula is C8H11N3O2. The number of hydrogen-bond acceptors (Lipinski definition) is 3.